The molecule has 0 unspecified atom stereocenters. The summed E-state index contributed by atoms with van der Waals surface area (Å²) >= 11 is 0. The Morgan fingerprint density at radius 1 is 1.00 bits per heavy atom. The van der Waals surface area contributed by atoms with Crippen molar-refractivity contribution in [3.05, 3.63) is 0 Å². The standard InChI is InChI=1S/C3H8O8P2.2Na.2H/c4-2(5)1-3(12(6,7)8)13(9,10)11;;;;/h3H,1H2,(H,4,5)(H2,6,7,8)(H2,9,10,11);;;;. The first-order chi connectivity index (χ1) is 5.55. The van der Waals surface area contributed by atoms with Crippen molar-refractivity contribution >= 4 is 80.3 Å². The Morgan fingerprint density at radius 3 is 1.33 bits per heavy atom. The van der Waals surface area contributed by atoms with E-state index in [0.717, 1.165) is 0 Å². The summed E-state index contributed by atoms with van der Waals surface area (Å²) < 4.78 is 20.9. The van der Waals surface area contributed by atoms with Gasteiger partial charge in [-0.05, 0) is 0 Å². The molecule has 15 heavy (non-hydrogen) atoms. The summed E-state index contributed by atoms with van der Waals surface area (Å²) in [6, 6.07) is 0. The molecular weight excluding hydrogens is 272 g/mol. The number of carboxylic acid groups (broad SMARTS) is 1. The Bertz CT molecular complexity index is 270. The van der Waals surface area contributed by atoms with Gasteiger partial charge in [-0.1, -0.05) is 0 Å². The molecule has 0 aromatic carbocycles. The van der Waals surface area contributed by atoms with Gasteiger partial charge in [-0.25, -0.2) is 0 Å². The van der Waals surface area contributed by atoms with Crippen molar-refractivity contribution in [1.82, 2.24) is 0 Å². The van der Waals surface area contributed by atoms with Crippen molar-refractivity contribution < 1.29 is 38.6 Å². The molecule has 12 heteroatoms. The molecule has 0 fully saturated rings. The van der Waals surface area contributed by atoms with Crippen LogP contribution in [-0.2, 0) is 13.9 Å². The molecule has 0 bridgehead atoms. The predicted molar refractivity (Wildman–Crippen MR) is 54.4 cm³/mol. The van der Waals surface area contributed by atoms with Gasteiger partial charge < -0.3 is 24.7 Å². The molecule has 0 saturated heterocycles. The van der Waals surface area contributed by atoms with Crippen LogP contribution in [-0.4, -0.2) is 95.2 Å². The molecule has 0 aliphatic carbocycles. The van der Waals surface area contributed by atoms with Gasteiger partial charge in [-0.2, -0.15) is 0 Å². The zero-order valence-corrected chi connectivity index (χ0v) is 7.93. The maximum atomic E-state index is 10.5. The third kappa shape index (κ3) is 9.47. The van der Waals surface area contributed by atoms with Crippen LogP contribution >= 0.6 is 15.2 Å². The van der Waals surface area contributed by atoms with Crippen molar-refractivity contribution in [2.75, 3.05) is 0 Å². The van der Waals surface area contributed by atoms with Crippen LogP contribution in [0.2, 0.25) is 0 Å². The van der Waals surface area contributed by atoms with Crippen LogP contribution in [0, 0.1) is 0 Å². The third-order valence-electron chi connectivity index (χ3n) is 1.13. The summed E-state index contributed by atoms with van der Waals surface area (Å²) in [4.78, 5) is 43.7. The fourth-order valence-corrected chi connectivity index (χ4v) is 2.95. The van der Waals surface area contributed by atoms with E-state index in [1.54, 1.807) is 0 Å². The van der Waals surface area contributed by atoms with Crippen LogP contribution in [0.3, 0.4) is 0 Å². The molecule has 5 N–H and O–H groups in total. The number of hydrogen-bond donors (Lipinski definition) is 5. The monoisotopic (exact) mass is 282 g/mol. The van der Waals surface area contributed by atoms with Crippen LogP contribution in [0.4, 0.5) is 0 Å². The fraction of sp³-hybridized carbons (Fsp3) is 0.667. The van der Waals surface area contributed by atoms with Crippen molar-refractivity contribution in [3.8, 4) is 0 Å². The topological polar surface area (TPSA) is 152 Å². The first-order valence-electron chi connectivity index (χ1n) is 2.87. The summed E-state index contributed by atoms with van der Waals surface area (Å²) in [7, 11) is -10.2. The predicted octanol–water partition coefficient (Wildman–Crippen LogP) is -2.15. The number of carbonyl (C=O) groups is 1. The van der Waals surface area contributed by atoms with Gasteiger partial charge in [0.1, 0.15) is 0 Å². The maximum absolute atomic E-state index is 10.5. The van der Waals surface area contributed by atoms with E-state index in [4.69, 9.17) is 24.7 Å². The summed E-state index contributed by atoms with van der Waals surface area (Å²) in [5.74, 6) is -1.68. The Morgan fingerprint density at radius 2 is 1.27 bits per heavy atom. The van der Waals surface area contributed by atoms with Gasteiger partial charge in [0, 0.05) is 0 Å². The van der Waals surface area contributed by atoms with E-state index in [9.17, 15) is 13.9 Å². The van der Waals surface area contributed by atoms with Gasteiger partial charge in [-0.15, -0.1) is 0 Å². The molecule has 0 aliphatic heterocycles. The summed E-state index contributed by atoms with van der Waals surface area (Å²) in [6.45, 7) is 0. The van der Waals surface area contributed by atoms with E-state index < -0.39 is 33.0 Å². The Kier molecular flexibility index (Phi) is 11.7. The molecule has 0 amide bonds. The molecule has 0 radical (unpaired) electrons. The SMILES string of the molecule is O=C(O)CC(P(=O)(O)O)P(=O)(O)O.[NaH].[NaH]. The minimum absolute atomic E-state index is 0. The van der Waals surface area contributed by atoms with Crippen LogP contribution in [0.1, 0.15) is 6.42 Å². The Hall–Kier alpha value is 1.77. The van der Waals surface area contributed by atoms with Gasteiger partial charge in [0.05, 0.1) is 6.42 Å². The van der Waals surface area contributed by atoms with Gasteiger partial charge >= 0.3 is 80.3 Å². The van der Waals surface area contributed by atoms with E-state index in [-0.39, 0.29) is 59.1 Å². The second-order valence-corrected chi connectivity index (χ2v) is 6.27. The van der Waals surface area contributed by atoms with Crippen LogP contribution in [0.5, 0.6) is 0 Å². The number of rotatable bonds is 4. The number of aliphatic carboxylic acids is 1. The summed E-state index contributed by atoms with van der Waals surface area (Å²) in [5.41, 5.74) is 0. The average molecular weight is 282 g/mol. The second-order valence-electron chi connectivity index (χ2n) is 2.26. The van der Waals surface area contributed by atoms with E-state index in [0.29, 0.717) is 0 Å². The second kappa shape index (κ2) is 7.97. The van der Waals surface area contributed by atoms with Crippen LogP contribution in [0.15, 0.2) is 0 Å². The zero-order chi connectivity index (χ0) is 10.9. The molecule has 8 nitrogen and oxygen atoms in total. The Labute approximate surface area is 129 Å². The first kappa shape index (κ1) is 22.0. The number of hydrogen-bond acceptors (Lipinski definition) is 3. The molecule has 0 aromatic heterocycles. The van der Waals surface area contributed by atoms with Crippen molar-refractivity contribution in [1.29, 1.82) is 0 Å². The van der Waals surface area contributed by atoms with Crippen molar-refractivity contribution in [2.24, 2.45) is 0 Å². The van der Waals surface area contributed by atoms with Gasteiger partial charge in [0.2, 0.25) is 0 Å². The van der Waals surface area contributed by atoms with Gasteiger partial charge in [0.25, 0.3) is 0 Å². The molecule has 0 atom stereocenters. The summed E-state index contributed by atoms with van der Waals surface area (Å²) in [6.07, 6.45) is -1.27. The van der Waals surface area contributed by atoms with E-state index in [2.05, 4.69) is 0 Å². The molecule has 0 rings (SSSR count). The zero-order valence-electron chi connectivity index (χ0n) is 6.14. The van der Waals surface area contributed by atoms with Gasteiger partial charge in [-0.3, -0.25) is 13.9 Å². The Balaban J connectivity index is -0.000000720. The molecule has 0 spiro atoms. The van der Waals surface area contributed by atoms with E-state index in [1.165, 1.54) is 0 Å². The van der Waals surface area contributed by atoms with Crippen molar-refractivity contribution in [2.45, 2.75) is 11.8 Å². The van der Waals surface area contributed by atoms with E-state index in [1.807, 2.05) is 0 Å². The third-order valence-corrected chi connectivity index (χ3v) is 4.86. The van der Waals surface area contributed by atoms with Crippen LogP contribution in [0.25, 0.3) is 0 Å². The molecular formula is C3H10Na2O8P2. The molecule has 0 aliphatic rings. The molecule has 0 heterocycles. The van der Waals surface area contributed by atoms with Crippen LogP contribution < -0.4 is 0 Å². The normalized spacial score (nSPS) is 11.5. The summed E-state index contributed by atoms with van der Waals surface area (Å²) in [5, 5.41) is 5.66. The molecule has 82 valence electrons. The minimum atomic E-state index is -5.10. The van der Waals surface area contributed by atoms with Gasteiger partial charge in [0.15, 0.2) is 5.40 Å². The molecule has 0 saturated carbocycles. The van der Waals surface area contributed by atoms with E-state index >= 15 is 0 Å². The molecule has 0 aromatic rings. The fourth-order valence-electron chi connectivity index (χ4n) is 0.590. The number of carboxylic acids is 1. The first-order valence-corrected chi connectivity index (χ1v) is 6.23. The quantitative estimate of drug-likeness (QED) is 0.289. The average Bonchev–Trinajstić information content (AvgIpc) is 1.77. The van der Waals surface area contributed by atoms with Crippen molar-refractivity contribution in [3.63, 3.8) is 0 Å².